The minimum Gasteiger partial charge on any atom is -0.392 e. The van der Waals surface area contributed by atoms with Crippen molar-refractivity contribution < 1.29 is 18.3 Å². The molecule has 0 radical (unpaired) electrons. The van der Waals surface area contributed by atoms with E-state index in [9.17, 15) is 13.2 Å². The van der Waals surface area contributed by atoms with Crippen LogP contribution >= 0.6 is 0 Å². The van der Waals surface area contributed by atoms with Crippen LogP contribution in [0.2, 0.25) is 0 Å². The van der Waals surface area contributed by atoms with E-state index >= 15 is 0 Å². The molecule has 0 bridgehead atoms. The van der Waals surface area contributed by atoms with Gasteiger partial charge in [-0.15, -0.1) is 0 Å². The lowest BCUT2D eigenvalue weighted by Gasteiger charge is -2.10. The van der Waals surface area contributed by atoms with Gasteiger partial charge in [0.15, 0.2) is 0 Å². The van der Waals surface area contributed by atoms with Gasteiger partial charge in [-0.25, -0.2) is 0 Å². The standard InChI is InChI=1S/C13H16F3NO/c1-17-7-3-2-4-10-5-6-12(13(14,15)16)8-11(10)9-18/h2,4-6,8,17-18H,3,7,9H2,1H3. The van der Waals surface area contributed by atoms with Crippen molar-refractivity contribution in [3.63, 3.8) is 0 Å². The third kappa shape index (κ3) is 4.16. The Morgan fingerprint density at radius 3 is 2.61 bits per heavy atom. The average molecular weight is 259 g/mol. The number of rotatable bonds is 5. The minimum atomic E-state index is -4.38. The topological polar surface area (TPSA) is 32.3 Å². The highest BCUT2D eigenvalue weighted by Gasteiger charge is 2.30. The fourth-order valence-electron chi connectivity index (χ4n) is 1.52. The first-order valence-corrected chi connectivity index (χ1v) is 5.61. The van der Waals surface area contributed by atoms with E-state index in [1.54, 1.807) is 6.08 Å². The summed E-state index contributed by atoms with van der Waals surface area (Å²) < 4.78 is 37.4. The Labute approximate surface area is 104 Å². The Hall–Kier alpha value is -1.33. The number of benzene rings is 1. The maximum atomic E-state index is 12.5. The maximum absolute atomic E-state index is 12.5. The molecule has 0 atom stereocenters. The lowest BCUT2D eigenvalue weighted by Crippen LogP contribution is -2.06. The number of hydrogen-bond acceptors (Lipinski definition) is 2. The predicted octanol–water partition coefficient (Wildman–Crippen LogP) is 2.82. The molecule has 0 aliphatic carbocycles. The number of aliphatic hydroxyl groups is 1. The van der Waals surface area contributed by atoms with Crippen LogP contribution in [-0.2, 0) is 12.8 Å². The second-order valence-corrected chi connectivity index (χ2v) is 3.86. The first-order valence-electron chi connectivity index (χ1n) is 5.61. The summed E-state index contributed by atoms with van der Waals surface area (Å²) in [5, 5.41) is 12.1. The van der Waals surface area contributed by atoms with Crippen molar-refractivity contribution in [3.05, 3.63) is 41.0 Å². The number of nitrogens with one attached hydrogen (secondary N) is 1. The molecule has 0 unspecified atom stereocenters. The molecule has 1 rings (SSSR count). The van der Waals surface area contributed by atoms with Crippen LogP contribution in [0.1, 0.15) is 23.1 Å². The highest BCUT2D eigenvalue weighted by Crippen LogP contribution is 2.30. The van der Waals surface area contributed by atoms with E-state index in [1.165, 1.54) is 6.07 Å². The van der Waals surface area contributed by atoms with Crippen LogP contribution in [0.4, 0.5) is 13.2 Å². The maximum Gasteiger partial charge on any atom is 0.416 e. The van der Waals surface area contributed by atoms with Crippen molar-refractivity contribution in [2.24, 2.45) is 0 Å². The van der Waals surface area contributed by atoms with Crippen LogP contribution < -0.4 is 5.32 Å². The SMILES string of the molecule is CNCCC=Cc1ccc(C(F)(F)F)cc1CO. The van der Waals surface area contributed by atoms with Crippen molar-refractivity contribution in [1.29, 1.82) is 0 Å². The molecule has 1 aromatic rings. The van der Waals surface area contributed by atoms with Crippen molar-refractivity contribution in [2.75, 3.05) is 13.6 Å². The molecule has 0 saturated heterocycles. The summed E-state index contributed by atoms with van der Waals surface area (Å²) in [6, 6.07) is 3.39. The summed E-state index contributed by atoms with van der Waals surface area (Å²) in [6.45, 7) is 0.390. The smallest absolute Gasteiger partial charge is 0.392 e. The van der Waals surface area contributed by atoms with Gasteiger partial charge in [0.2, 0.25) is 0 Å². The zero-order valence-electron chi connectivity index (χ0n) is 10.1. The summed E-state index contributed by atoms with van der Waals surface area (Å²) in [5.41, 5.74) is 0.158. The Morgan fingerprint density at radius 1 is 1.33 bits per heavy atom. The largest absolute Gasteiger partial charge is 0.416 e. The number of alkyl halides is 3. The molecule has 2 N–H and O–H groups in total. The monoisotopic (exact) mass is 259 g/mol. The molecule has 100 valence electrons. The van der Waals surface area contributed by atoms with Crippen LogP contribution in [0.3, 0.4) is 0 Å². The van der Waals surface area contributed by atoms with Gasteiger partial charge in [-0.3, -0.25) is 0 Å². The van der Waals surface area contributed by atoms with E-state index in [2.05, 4.69) is 5.32 Å². The number of hydrogen-bond donors (Lipinski definition) is 2. The highest BCUT2D eigenvalue weighted by molar-refractivity contribution is 5.54. The zero-order valence-corrected chi connectivity index (χ0v) is 10.1. The Morgan fingerprint density at radius 2 is 2.06 bits per heavy atom. The first-order chi connectivity index (χ1) is 8.49. The fourth-order valence-corrected chi connectivity index (χ4v) is 1.52. The van der Waals surface area contributed by atoms with Crippen molar-refractivity contribution in [2.45, 2.75) is 19.2 Å². The van der Waals surface area contributed by atoms with Gasteiger partial charge in [-0.05, 0) is 43.3 Å². The summed E-state index contributed by atoms with van der Waals surface area (Å²) in [4.78, 5) is 0. The van der Waals surface area contributed by atoms with Gasteiger partial charge >= 0.3 is 6.18 Å². The zero-order chi connectivity index (χ0) is 13.6. The van der Waals surface area contributed by atoms with E-state index in [0.717, 1.165) is 25.1 Å². The molecular formula is C13H16F3NO. The molecule has 0 aliphatic rings. The van der Waals surface area contributed by atoms with E-state index in [0.29, 0.717) is 5.56 Å². The van der Waals surface area contributed by atoms with Gasteiger partial charge in [-0.2, -0.15) is 13.2 Å². The summed E-state index contributed by atoms with van der Waals surface area (Å²) in [7, 11) is 1.82. The molecule has 1 aromatic carbocycles. The number of halogens is 3. The Balaban J connectivity index is 2.90. The first kappa shape index (κ1) is 14.7. The molecule has 0 saturated carbocycles. The van der Waals surface area contributed by atoms with Gasteiger partial charge < -0.3 is 10.4 Å². The van der Waals surface area contributed by atoms with Gasteiger partial charge in [-0.1, -0.05) is 18.2 Å². The van der Waals surface area contributed by atoms with Gasteiger partial charge in [0.1, 0.15) is 0 Å². The molecular weight excluding hydrogens is 243 g/mol. The second kappa shape index (κ2) is 6.56. The molecule has 0 aromatic heterocycles. The average Bonchev–Trinajstić information content (AvgIpc) is 2.33. The lowest BCUT2D eigenvalue weighted by atomic mass is 10.0. The lowest BCUT2D eigenvalue weighted by molar-refractivity contribution is -0.137. The molecule has 18 heavy (non-hydrogen) atoms. The van der Waals surface area contributed by atoms with Crippen LogP contribution in [0.15, 0.2) is 24.3 Å². The fraction of sp³-hybridized carbons (Fsp3) is 0.385. The van der Waals surface area contributed by atoms with E-state index in [4.69, 9.17) is 5.11 Å². The molecule has 0 amide bonds. The summed E-state index contributed by atoms with van der Waals surface area (Å²) in [6.07, 6.45) is -0.0119. The Bertz CT molecular complexity index is 413. The number of aliphatic hydroxyl groups excluding tert-OH is 1. The summed E-state index contributed by atoms with van der Waals surface area (Å²) >= 11 is 0. The third-order valence-electron chi connectivity index (χ3n) is 2.50. The quantitative estimate of drug-likeness (QED) is 0.797. The van der Waals surface area contributed by atoms with Gasteiger partial charge in [0.25, 0.3) is 0 Å². The van der Waals surface area contributed by atoms with Crippen molar-refractivity contribution in [1.82, 2.24) is 5.32 Å². The van der Waals surface area contributed by atoms with Crippen LogP contribution in [0, 0.1) is 0 Å². The van der Waals surface area contributed by atoms with E-state index in [1.807, 2.05) is 13.1 Å². The van der Waals surface area contributed by atoms with Gasteiger partial charge in [0.05, 0.1) is 12.2 Å². The minimum absolute atomic E-state index is 0.283. The predicted molar refractivity (Wildman–Crippen MR) is 64.9 cm³/mol. The molecule has 0 aliphatic heterocycles. The molecule has 5 heteroatoms. The molecule has 0 spiro atoms. The van der Waals surface area contributed by atoms with E-state index < -0.39 is 18.3 Å². The van der Waals surface area contributed by atoms with Crippen LogP contribution in [0.5, 0.6) is 0 Å². The van der Waals surface area contributed by atoms with Crippen molar-refractivity contribution in [3.8, 4) is 0 Å². The highest BCUT2D eigenvalue weighted by atomic mass is 19.4. The molecule has 0 fully saturated rings. The summed E-state index contributed by atoms with van der Waals surface area (Å²) in [5.74, 6) is 0. The second-order valence-electron chi connectivity index (χ2n) is 3.86. The normalized spacial score (nSPS) is 12.3. The Kier molecular flexibility index (Phi) is 5.37. The third-order valence-corrected chi connectivity index (χ3v) is 2.50. The molecule has 0 heterocycles. The molecule has 2 nitrogen and oxygen atoms in total. The van der Waals surface area contributed by atoms with Crippen LogP contribution in [-0.4, -0.2) is 18.7 Å². The van der Waals surface area contributed by atoms with Crippen molar-refractivity contribution >= 4 is 6.08 Å². The van der Waals surface area contributed by atoms with Gasteiger partial charge in [0, 0.05) is 0 Å². The van der Waals surface area contributed by atoms with E-state index in [-0.39, 0.29) is 5.56 Å². The van der Waals surface area contributed by atoms with Crippen LogP contribution in [0.25, 0.3) is 6.08 Å².